The van der Waals surface area contributed by atoms with Crippen LogP contribution in [0.2, 0.25) is 0 Å². The van der Waals surface area contributed by atoms with Gasteiger partial charge in [-0.2, -0.15) is 0 Å². The van der Waals surface area contributed by atoms with Crippen molar-refractivity contribution in [3.05, 3.63) is 66.4 Å². The maximum Gasteiger partial charge on any atom is 0.180 e. The number of aromatic amines is 1. The molecule has 2 aromatic carbocycles. The highest BCUT2D eigenvalue weighted by Gasteiger charge is 2.05. The first-order valence-electron chi connectivity index (χ1n) is 6.51. The van der Waals surface area contributed by atoms with Crippen LogP contribution in [0.5, 0.6) is 0 Å². The van der Waals surface area contributed by atoms with Crippen LogP contribution in [0, 0.1) is 0 Å². The van der Waals surface area contributed by atoms with Crippen molar-refractivity contribution in [2.75, 3.05) is 0 Å². The molecular formula is C16H12N4. The molecule has 0 amide bonds. The molecule has 0 aliphatic heterocycles. The van der Waals surface area contributed by atoms with Gasteiger partial charge in [0, 0.05) is 6.42 Å². The van der Waals surface area contributed by atoms with Crippen molar-refractivity contribution in [2.24, 2.45) is 0 Å². The van der Waals surface area contributed by atoms with Crippen LogP contribution in [0.3, 0.4) is 0 Å². The standard InChI is InChI=1S/C16H12N4/c1-2-4-13-7-11(5-6-12(13)3-1)8-15-19-14-9-17-10-18-16(14)20-15/h1-7,9-10H,8H2,(H,17,18,19,20). The molecule has 0 saturated carbocycles. The maximum absolute atomic E-state index is 4.48. The second kappa shape index (κ2) is 4.42. The molecule has 0 fully saturated rings. The Morgan fingerprint density at radius 2 is 1.90 bits per heavy atom. The number of fused-ring (bicyclic) bond motifs is 2. The summed E-state index contributed by atoms with van der Waals surface area (Å²) in [6.07, 6.45) is 4.03. The summed E-state index contributed by atoms with van der Waals surface area (Å²) < 4.78 is 0. The molecule has 4 aromatic rings. The Labute approximate surface area is 115 Å². The van der Waals surface area contributed by atoms with Crippen molar-refractivity contribution in [1.29, 1.82) is 0 Å². The summed E-state index contributed by atoms with van der Waals surface area (Å²) in [7, 11) is 0. The molecule has 20 heavy (non-hydrogen) atoms. The second-order valence-electron chi connectivity index (χ2n) is 4.80. The van der Waals surface area contributed by atoms with E-state index in [-0.39, 0.29) is 0 Å². The van der Waals surface area contributed by atoms with Crippen LogP contribution in [-0.2, 0) is 6.42 Å². The Kier molecular flexibility index (Phi) is 2.45. The molecule has 0 atom stereocenters. The molecule has 0 spiro atoms. The monoisotopic (exact) mass is 260 g/mol. The fraction of sp³-hybridized carbons (Fsp3) is 0.0625. The van der Waals surface area contributed by atoms with Gasteiger partial charge in [0.25, 0.3) is 0 Å². The molecule has 2 heterocycles. The number of hydrogen-bond acceptors (Lipinski definition) is 3. The van der Waals surface area contributed by atoms with Crippen molar-refractivity contribution in [3.8, 4) is 0 Å². The smallest absolute Gasteiger partial charge is 0.180 e. The summed E-state index contributed by atoms with van der Waals surface area (Å²) in [4.78, 5) is 15.9. The van der Waals surface area contributed by atoms with Crippen LogP contribution >= 0.6 is 0 Å². The molecule has 0 aliphatic rings. The van der Waals surface area contributed by atoms with Gasteiger partial charge in [-0.3, -0.25) is 0 Å². The van der Waals surface area contributed by atoms with Gasteiger partial charge in [0.2, 0.25) is 0 Å². The zero-order valence-electron chi connectivity index (χ0n) is 10.7. The Hall–Kier alpha value is -2.75. The lowest BCUT2D eigenvalue weighted by Crippen LogP contribution is -1.90. The summed E-state index contributed by atoms with van der Waals surface area (Å²) >= 11 is 0. The molecule has 0 bridgehead atoms. The van der Waals surface area contributed by atoms with Gasteiger partial charge >= 0.3 is 0 Å². The molecule has 0 radical (unpaired) electrons. The quantitative estimate of drug-likeness (QED) is 0.602. The molecule has 0 saturated heterocycles. The topological polar surface area (TPSA) is 54.5 Å². The Morgan fingerprint density at radius 1 is 1.00 bits per heavy atom. The van der Waals surface area contributed by atoms with E-state index in [9.17, 15) is 0 Å². The molecule has 4 rings (SSSR count). The highest BCUT2D eigenvalue weighted by atomic mass is 15.0. The van der Waals surface area contributed by atoms with Crippen LogP contribution in [0.1, 0.15) is 11.4 Å². The molecule has 96 valence electrons. The van der Waals surface area contributed by atoms with Crippen molar-refractivity contribution in [2.45, 2.75) is 6.42 Å². The van der Waals surface area contributed by atoms with Gasteiger partial charge in [-0.1, -0.05) is 42.5 Å². The summed E-state index contributed by atoms with van der Waals surface area (Å²) in [5, 5.41) is 2.51. The van der Waals surface area contributed by atoms with E-state index < -0.39 is 0 Å². The van der Waals surface area contributed by atoms with Crippen LogP contribution in [0.25, 0.3) is 21.9 Å². The lowest BCUT2D eigenvalue weighted by atomic mass is 10.1. The van der Waals surface area contributed by atoms with E-state index >= 15 is 0 Å². The number of H-pyrrole nitrogens is 1. The second-order valence-corrected chi connectivity index (χ2v) is 4.80. The summed E-state index contributed by atoms with van der Waals surface area (Å²) in [5.41, 5.74) is 2.83. The van der Waals surface area contributed by atoms with E-state index in [4.69, 9.17) is 0 Å². The van der Waals surface area contributed by atoms with E-state index in [0.29, 0.717) is 0 Å². The first kappa shape index (κ1) is 11.1. The Bertz CT molecular complexity index is 862. The number of benzene rings is 2. The minimum Gasteiger partial charge on any atom is -0.339 e. The van der Waals surface area contributed by atoms with Gasteiger partial charge in [-0.15, -0.1) is 0 Å². The summed E-state index contributed by atoms with van der Waals surface area (Å²) in [6, 6.07) is 14.9. The fourth-order valence-electron chi connectivity index (χ4n) is 2.44. The lowest BCUT2D eigenvalue weighted by Gasteiger charge is -2.01. The van der Waals surface area contributed by atoms with Gasteiger partial charge < -0.3 is 4.98 Å². The highest BCUT2D eigenvalue weighted by Crippen LogP contribution is 2.18. The van der Waals surface area contributed by atoms with Crippen LogP contribution in [0.4, 0.5) is 0 Å². The molecule has 0 aliphatic carbocycles. The van der Waals surface area contributed by atoms with Crippen molar-refractivity contribution >= 4 is 21.9 Å². The van der Waals surface area contributed by atoms with Gasteiger partial charge in [0.05, 0.1) is 6.20 Å². The Balaban J connectivity index is 1.72. The molecule has 4 heteroatoms. The number of nitrogens with zero attached hydrogens (tertiary/aromatic N) is 3. The number of imidazole rings is 1. The van der Waals surface area contributed by atoms with Crippen molar-refractivity contribution < 1.29 is 0 Å². The third kappa shape index (κ3) is 1.91. The van der Waals surface area contributed by atoms with Crippen LogP contribution in [-0.4, -0.2) is 19.9 Å². The average Bonchev–Trinajstić information content (AvgIpc) is 2.89. The largest absolute Gasteiger partial charge is 0.339 e. The minimum atomic E-state index is 0.718. The van der Waals surface area contributed by atoms with Crippen molar-refractivity contribution in [1.82, 2.24) is 19.9 Å². The number of hydrogen-bond donors (Lipinski definition) is 1. The predicted octanol–water partition coefficient (Wildman–Crippen LogP) is 3.10. The number of nitrogens with one attached hydrogen (secondary N) is 1. The fourth-order valence-corrected chi connectivity index (χ4v) is 2.44. The first-order chi connectivity index (χ1) is 9.88. The lowest BCUT2D eigenvalue weighted by molar-refractivity contribution is 1.04. The van der Waals surface area contributed by atoms with E-state index in [1.54, 1.807) is 6.20 Å². The molecule has 4 nitrogen and oxygen atoms in total. The van der Waals surface area contributed by atoms with E-state index in [2.05, 4.69) is 62.4 Å². The SMILES string of the molecule is c1ccc2cc(Cc3nc4ncncc4[nH]3)ccc2c1. The third-order valence-corrected chi connectivity index (χ3v) is 3.40. The van der Waals surface area contributed by atoms with Gasteiger partial charge in [0.15, 0.2) is 5.65 Å². The van der Waals surface area contributed by atoms with Gasteiger partial charge in [0.1, 0.15) is 17.7 Å². The van der Waals surface area contributed by atoms with E-state index in [0.717, 1.165) is 23.4 Å². The average molecular weight is 260 g/mol. The van der Waals surface area contributed by atoms with Gasteiger partial charge in [-0.25, -0.2) is 15.0 Å². The van der Waals surface area contributed by atoms with E-state index in [1.807, 2.05) is 0 Å². The Morgan fingerprint density at radius 3 is 2.80 bits per heavy atom. The molecular weight excluding hydrogens is 248 g/mol. The first-order valence-corrected chi connectivity index (χ1v) is 6.51. The molecule has 0 unspecified atom stereocenters. The third-order valence-electron chi connectivity index (χ3n) is 3.40. The van der Waals surface area contributed by atoms with Crippen LogP contribution in [0.15, 0.2) is 55.0 Å². The number of rotatable bonds is 2. The summed E-state index contributed by atoms with van der Waals surface area (Å²) in [6.45, 7) is 0. The predicted molar refractivity (Wildman–Crippen MR) is 78.4 cm³/mol. The highest BCUT2D eigenvalue weighted by molar-refractivity contribution is 5.83. The van der Waals surface area contributed by atoms with Gasteiger partial charge in [-0.05, 0) is 16.3 Å². The zero-order valence-corrected chi connectivity index (χ0v) is 10.7. The van der Waals surface area contributed by atoms with Crippen molar-refractivity contribution in [3.63, 3.8) is 0 Å². The minimum absolute atomic E-state index is 0.718. The normalized spacial score (nSPS) is 11.2. The van der Waals surface area contributed by atoms with E-state index in [1.165, 1.54) is 22.7 Å². The molecule has 2 aromatic heterocycles. The molecule has 1 N–H and O–H groups in total. The summed E-state index contributed by atoms with van der Waals surface area (Å²) in [5.74, 6) is 0.913. The van der Waals surface area contributed by atoms with Crippen LogP contribution < -0.4 is 0 Å². The maximum atomic E-state index is 4.48. The zero-order chi connectivity index (χ0) is 13.4. The number of aromatic nitrogens is 4.